The van der Waals surface area contributed by atoms with E-state index >= 15 is 0 Å². The predicted octanol–water partition coefficient (Wildman–Crippen LogP) is 9.70. The quantitative estimate of drug-likeness (QED) is 0.133. The summed E-state index contributed by atoms with van der Waals surface area (Å²) >= 11 is 0. The van der Waals surface area contributed by atoms with Crippen molar-refractivity contribution in [3.8, 4) is 5.75 Å². The van der Waals surface area contributed by atoms with Crippen LogP contribution in [0.5, 0.6) is 5.75 Å². The second kappa shape index (κ2) is 19.0. The van der Waals surface area contributed by atoms with Crippen molar-refractivity contribution in [1.82, 2.24) is 4.98 Å². The molecular formula is C36H50N2O2. The Kier molecular flexibility index (Phi) is 14.9. The van der Waals surface area contributed by atoms with Crippen LogP contribution in [-0.4, -0.2) is 17.5 Å². The topological polar surface area (TPSA) is 42.4 Å². The average molecular weight is 543 g/mol. The van der Waals surface area contributed by atoms with E-state index in [1.54, 1.807) is 6.20 Å². The molecule has 1 amide bonds. The maximum Gasteiger partial charge on any atom is 0.227 e. The minimum Gasteiger partial charge on any atom is -0.494 e. The molecule has 0 aliphatic carbocycles. The monoisotopic (exact) mass is 542 g/mol. The first kappa shape index (κ1) is 31.4. The number of benzene rings is 2. The third-order valence-corrected chi connectivity index (χ3v) is 7.46. The van der Waals surface area contributed by atoms with Gasteiger partial charge in [-0.3, -0.25) is 9.78 Å². The van der Waals surface area contributed by atoms with Gasteiger partial charge >= 0.3 is 0 Å². The number of ether oxygens (including phenoxy) is 1. The predicted molar refractivity (Wildman–Crippen MR) is 168 cm³/mol. The summed E-state index contributed by atoms with van der Waals surface area (Å²) in [6.45, 7) is 5.47. The summed E-state index contributed by atoms with van der Waals surface area (Å²) in [7, 11) is 0. The second-order valence-electron chi connectivity index (χ2n) is 10.9. The zero-order valence-electron chi connectivity index (χ0n) is 25.0. The lowest BCUT2D eigenvalue weighted by atomic mass is 10.1. The number of pyridine rings is 1. The highest BCUT2D eigenvalue weighted by molar-refractivity contribution is 5.93. The van der Waals surface area contributed by atoms with Crippen LogP contribution >= 0.6 is 0 Å². The molecule has 0 unspecified atom stereocenters. The summed E-state index contributed by atoms with van der Waals surface area (Å²) in [6, 6.07) is 20.5. The van der Waals surface area contributed by atoms with E-state index in [1.807, 2.05) is 48.4 Å². The van der Waals surface area contributed by atoms with Gasteiger partial charge in [-0.1, -0.05) is 115 Å². The van der Waals surface area contributed by atoms with Crippen LogP contribution in [0, 0.1) is 0 Å². The fourth-order valence-electron chi connectivity index (χ4n) is 5.14. The van der Waals surface area contributed by atoms with E-state index in [0.29, 0.717) is 13.0 Å². The van der Waals surface area contributed by atoms with Crippen molar-refractivity contribution in [3.05, 3.63) is 89.7 Å². The molecule has 0 atom stereocenters. The molecule has 0 aliphatic heterocycles. The highest BCUT2D eigenvalue weighted by Gasteiger charge is 2.15. The van der Waals surface area contributed by atoms with Crippen LogP contribution in [0.25, 0.3) is 0 Å². The smallest absolute Gasteiger partial charge is 0.227 e. The number of nitrogens with zero attached hydrogens (tertiary/aromatic N) is 2. The molecule has 0 radical (unpaired) electrons. The van der Waals surface area contributed by atoms with Gasteiger partial charge in [0.2, 0.25) is 5.91 Å². The largest absolute Gasteiger partial charge is 0.494 e. The van der Waals surface area contributed by atoms with Gasteiger partial charge in [0.05, 0.1) is 13.2 Å². The summed E-state index contributed by atoms with van der Waals surface area (Å²) in [6.07, 6.45) is 21.0. The number of rotatable bonds is 20. The van der Waals surface area contributed by atoms with Crippen molar-refractivity contribution >= 4 is 11.6 Å². The van der Waals surface area contributed by atoms with Gasteiger partial charge in [-0.25, -0.2) is 0 Å². The van der Waals surface area contributed by atoms with E-state index in [2.05, 4.69) is 42.2 Å². The number of carbonyl (C=O) groups excluding carboxylic acids is 1. The van der Waals surface area contributed by atoms with Crippen LogP contribution in [0.2, 0.25) is 0 Å². The lowest BCUT2D eigenvalue weighted by molar-refractivity contribution is -0.118. The number of hydrogen-bond donors (Lipinski definition) is 0. The summed E-state index contributed by atoms with van der Waals surface area (Å²) in [5.41, 5.74) is 4.33. The first-order valence-electron chi connectivity index (χ1n) is 15.7. The van der Waals surface area contributed by atoms with Gasteiger partial charge in [-0.15, -0.1) is 0 Å². The molecule has 216 valence electrons. The molecule has 0 spiro atoms. The minimum absolute atomic E-state index is 0.112. The van der Waals surface area contributed by atoms with E-state index < -0.39 is 0 Å². The van der Waals surface area contributed by atoms with Gasteiger partial charge in [0.25, 0.3) is 0 Å². The molecule has 4 nitrogen and oxygen atoms in total. The van der Waals surface area contributed by atoms with E-state index in [4.69, 9.17) is 4.74 Å². The van der Waals surface area contributed by atoms with E-state index in [-0.39, 0.29) is 5.91 Å². The Morgan fingerprint density at radius 1 is 0.725 bits per heavy atom. The molecule has 4 heteroatoms. The molecule has 0 bridgehead atoms. The number of amides is 1. The number of anilines is 1. The van der Waals surface area contributed by atoms with Gasteiger partial charge in [-0.2, -0.15) is 0 Å². The SMILES string of the molecule is CCCCCCCCCCCCCCOc1cccc(CN(C(=O)CC)c2cccc(Cc3cccnc3)c2)c1. The Morgan fingerprint density at radius 2 is 1.38 bits per heavy atom. The van der Waals surface area contributed by atoms with E-state index in [1.165, 1.54) is 76.2 Å². The molecular weight excluding hydrogens is 492 g/mol. The standard InChI is InChI=1S/C36H50N2O2/c1-3-5-6-7-8-9-10-11-12-13-14-15-25-40-35-23-17-20-33(28-35)30-38(36(39)4-2)34-22-16-19-31(27-34)26-32-21-18-24-37-29-32/h16-24,27-29H,3-15,25-26,30H2,1-2H3. The molecule has 0 saturated heterocycles. The van der Waals surface area contributed by atoms with Gasteiger partial charge in [0.15, 0.2) is 0 Å². The Balaban J connectivity index is 1.42. The maximum absolute atomic E-state index is 13.0. The molecule has 1 heterocycles. The van der Waals surface area contributed by atoms with Crippen LogP contribution in [-0.2, 0) is 17.8 Å². The summed E-state index contributed by atoms with van der Waals surface area (Å²) in [4.78, 5) is 19.1. The fourth-order valence-corrected chi connectivity index (χ4v) is 5.14. The van der Waals surface area contributed by atoms with Crippen molar-refractivity contribution in [2.45, 2.75) is 110 Å². The summed E-state index contributed by atoms with van der Waals surface area (Å²) in [5, 5.41) is 0. The Hall–Kier alpha value is -3.14. The van der Waals surface area contributed by atoms with Crippen LogP contribution < -0.4 is 9.64 Å². The summed E-state index contributed by atoms with van der Waals surface area (Å²) in [5.74, 6) is 0.996. The van der Waals surface area contributed by atoms with Crippen LogP contribution in [0.15, 0.2) is 73.1 Å². The van der Waals surface area contributed by atoms with E-state index in [0.717, 1.165) is 42.0 Å². The van der Waals surface area contributed by atoms with Crippen LogP contribution in [0.1, 0.15) is 114 Å². The van der Waals surface area contributed by atoms with Crippen molar-refractivity contribution < 1.29 is 9.53 Å². The molecule has 40 heavy (non-hydrogen) atoms. The zero-order chi connectivity index (χ0) is 28.3. The first-order chi connectivity index (χ1) is 19.7. The normalized spacial score (nSPS) is 10.9. The second-order valence-corrected chi connectivity index (χ2v) is 10.9. The highest BCUT2D eigenvalue weighted by Crippen LogP contribution is 2.23. The van der Waals surface area contributed by atoms with Gasteiger partial charge < -0.3 is 9.64 Å². The molecule has 3 rings (SSSR count). The number of aromatic nitrogens is 1. The van der Waals surface area contributed by atoms with Crippen molar-refractivity contribution in [2.24, 2.45) is 0 Å². The minimum atomic E-state index is 0.112. The molecule has 0 saturated carbocycles. The van der Waals surface area contributed by atoms with Crippen LogP contribution in [0.4, 0.5) is 5.69 Å². The maximum atomic E-state index is 13.0. The summed E-state index contributed by atoms with van der Waals surface area (Å²) < 4.78 is 6.09. The molecule has 0 aliphatic rings. The first-order valence-corrected chi connectivity index (χ1v) is 15.7. The van der Waals surface area contributed by atoms with Gasteiger partial charge in [-0.05, 0) is 59.9 Å². The molecule has 0 N–H and O–H groups in total. The third-order valence-electron chi connectivity index (χ3n) is 7.46. The van der Waals surface area contributed by atoms with E-state index in [9.17, 15) is 4.79 Å². The van der Waals surface area contributed by atoms with Crippen LogP contribution in [0.3, 0.4) is 0 Å². The molecule has 3 aromatic rings. The van der Waals surface area contributed by atoms with Crippen molar-refractivity contribution in [1.29, 1.82) is 0 Å². The number of carbonyl (C=O) groups is 1. The van der Waals surface area contributed by atoms with Gasteiger partial charge in [0.1, 0.15) is 5.75 Å². The Bertz CT molecular complexity index is 1100. The number of unbranched alkanes of at least 4 members (excludes halogenated alkanes) is 11. The highest BCUT2D eigenvalue weighted by atomic mass is 16.5. The molecule has 0 fully saturated rings. The average Bonchev–Trinajstić information content (AvgIpc) is 2.99. The van der Waals surface area contributed by atoms with Crippen molar-refractivity contribution in [2.75, 3.05) is 11.5 Å². The third kappa shape index (κ3) is 11.9. The number of hydrogen-bond acceptors (Lipinski definition) is 3. The lowest BCUT2D eigenvalue weighted by Crippen LogP contribution is -2.29. The Labute approximate surface area is 243 Å². The molecule has 1 aromatic heterocycles. The Morgan fingerprint density at radius 3 is 2.05 bits per heavy atom. The van der Waals surface area contributed by atoms with Crippen molar-refractivity contribution in [3.63, 3.8) is 0 Å². The lowest BCUT2D eigenvalue weighted by Gasteiger charge is -2.23. The van der Waals surface area contributed by atoms with Gasteiger partial charge in [0, 0.05) is 24.5 Å². The zero-order valence-corrected chi connectivity index (χ0v) is 25.0. The molecule has 2 aromatic carbocycles. The fraction of sp³-hybridized carbons (Fsp3) is 0.500.